The summed E-state index contributed by atoms with van der Waals surface area (Å²) in [7, 11) is 0. The molecule has 2 heterocycles. The minimum atomic E-state index is -0.271. The number of hydrogen-bond donors (Lipinski definition) is 1. The molecule has 1 amide bonds. The number of rotatable bonds is 10. The average Bonchev–Trinajstić information content (AvgIpc) is 2.87. The fourth-order valence-corrected chi connectivity index (χ4v) is 3.25. The lowest BCUT2D eigenvalue weighted by Crippen LogP contribution is -2.29. The number of hydrogen-bond acceptors (Lipinski definition) is 7. The molecule has 4 aromatic rings. The number of aromatic nitrogens is 4. The van der Waals surface area contributed by atoms with Gasteiger partial charge < -0.3 is 14.8 Å². The summed E-state index contributed by atoms with van der Waals surface area (Å²) in [6.07, 6.45) is 2.65. The molecular formula is C25H25N5O4. The van der Waals surface area contributed by atoms with Crippen LogP contribution >= 0.6 is 0 Å². The number of nitrogens with zero attached hydrogens (tertiary/aromatic N) is 4. The Bertz CT molecular complexity index is 1320. The number of amides is 1. The summed E-state index contributed by atoms with van der Waals surface area (Å²) in [5, 5.41) is 11.3. The number of benzene rings is 2. The van der Waals surface area contributed by atoms with E-state index in [1.54, 1.807) is 36.5 Å². The van der Waals surface area contributed by atoms with Gasteiger partial charge in [-0.1, -0.05) is 30.3 Å². The Morgan fingerprint density at radius 2 is 1.82 bits per heavy atom. The van der Waals surface area contributed by atoms with E-state index in [0.29, 0.717) is 29.1 Å². The van der Waals surface area contributed by atoms with Crippen LogP contribution in [0.2, 0.25) is 0 Å². The van der Waals surface area contributed by atoms with Crippen molar-refractivity contribution in [2.24, 2.45) is 0 Å². The van der Waals surface area contributed by atoms with Gasteiger partial charge in [0, 0.05) is 24.7 Å². The van der Waals surface area contributed by atoms with Crippen molar-refractivity contribution >= 4 is 16.8 Å². The average molecular weight is 460 g/mol. The fraction of sp³-hybridized carbons (Fsp3) is 0.240. The van der Waals surface area contributed by atoms with E-state index >= 15 is 0 Å². The van der Waals surface area contributed by atoms with Crippen molar-refractivity contribution in [2.45, 2.75) is 32.9 Å². The third kappa shape index (κ3) is 5.74. The molecule has 0 fully saturated rings. The van der Waals surface area contributed by atoms with Crippen LogP contribution in [0.1, 0.15) is 25.3 Å². The molecule has 2 aromatic carbocycles. The molecule has 4 rings (SSSR count). The molecule has 0 saturated carbocycles. The summed E-state index contributed by atoms with van der Waals surface area (Å²) < 4.78 is 12.7. The van der Waals surface area contributed by atoms with Gasteiger partial charge in [0.25, 0.3) is 5.56 Å². The predicted octanol–water partition coefficient (Wildman–Crippen LogP) is 3.47. The Hall–Kier alpha value is -4.27. The summed E-state index contributed by atoms with van der Waals surface area (Å²) in [6.45, 7) is 3.08. The lowest BCUT2D eigenvalue weighted by molar-refractivity contribution is -0.121. The highest BCUT2D eigenvalue weighted by molar-refractivity contribution is 5.77. The standard InChI is InChI=1S/C25H25N5O4/c1-2-16-33-19-9-11-20(12-10-19)34-24-18(6-5-14-26-24)17-27-23(31)13-15-30-25(32)21-7-3-4-8-22(21)28-29-30/h3-12,14H,2,13,15-17H2,1H3,(H,27,31). The zero-order valence-corrected chi connectivity index (χ0v) is 18.8. The minimum absolute atomic E-state index is 0.0859. The van der Waals surface area contributed by atoms with E-state index in [0.717, 1.165) is 17.7 Å². The zero-order chi connectivity index (χ0) is 23.8. The third-order valence-electron chi connectivity index (χ3n) is 5.02. The highest BCUT2D eigenvalue weighted by Crippen LogP contribution is 2.25. The first-order valence-corrected chi connectivity index (χ1v) is 11.1. The third-order valence-corrected chi connectivity index (χ3v) is 5.02. The monoisotopic (exact) mass is 459 g/mol. The van der Waals surface area contributed by atoms with Gasteiger partial charge in [0.05, 0.1) is 18.5 Å². The molecule has 0 aliphatic rings. The van der Waals surface area contributed by atoms with Gasteiger partial charge in [0.1, 0.15) is 17.0 Å². The van der Waals surface area contributed by atoms with E-state index in [9.17, 15) is 9.59 Å². The van der Waals surface area contributed by atoms with Gasteiger partial charge in [-0.05, 0) is 48.9 Å². The largest absolute Gasteiger partial charge is 0.494 e. The molecule has 0 bridgehead atoms. The van der Waals surface area contributed by atoms with Gasteiger partial charge in [-0.25, -0.2) is 9.67 Å². The maximum Gasteiger partial charge on any atom is 0.277 e. The summed E-state index contributed by atoms with van der Waals surface area (Å²) in [4.78, 5) is 29.2. The SMILES string of the molecule is CCCOc1ccc(Oc2ncccc2CNC(=O)CCn2nnc3ccccc3c2=O)cc1. The Kier molecular flexibility index (Phi) is 7.44. The molecule has 0 aliphatic heterocycles. The van der Waals surface area contributed by atoms with Crippen LogP contribution in [0.5, 0.6) is 17.4 Å². The van der Waals surface area contributed by atoms with E-state index < -0.39 is 0 Å². The molecule has 0 radical (unpaired) electrons. The molecule has 9 heteroatoms. The molecule has 0 aliphatic carbocycles. The minimum Gasteiger partial charge on any atom is -0.494 e. The van der Waals surface area contributed by atoms with Crippen LogP contribution in [0.4, 0.5) is 0 Å². The highest BCUT2D eigenvalue weighted by atomic mass is 16.5. The number of fused-ring (bicyclic) bond motifs is 1. The van der Waals surface area contributed by atoms with E-state index in [2.05, 4.69) is 27.5 Å². The fourth-order valence-electron chi connectivity index (χ4n) is 3.25. The number of nitrogens with one attached hydrogen (secondary N) is 1. The van der Waals surface area contributed by atoms with Gasteiger partial charge in [0.15, 0.2) is 0 Å². The number of aryl methyl sites for hydroxylation is 1. The van der Waals surface area contributed by atoms with E-state index in [1.807, 2.05) is 30.3 Å². The van der Waals surface area contributed by atoms with Crippen molar-refractivity contribution < 1.29 is 14.3 Å². The quantitative estimate of drug-likeness (QED) is 0.387. The van der Waals surface area contributed by atoms with E-state index in [1.165, 1.54) is 4.68 Å². The van der Waals surface area contributed by atoms with Crippen LogP contribution in [0, 0.1) is 0 Å². The molecule has 0 unspecified atom stereocenters. The molecule has 1 N–H and O–H groups in total. The van der Waals surface area contributed by atoms with Gasteiger partial charge >= 0.3 is 0 Å². The molecule has 34 heavy (non-hydrogen) atoms. The van der Waals surface area contributed by atoms with Crippen molar-refractivity contribution in [1.82, 2.24) is 25.3 Å². The second kappa shape index (κ2) is 11.0. The summed E-state index contributed by atoms with van der Waals surface area (Å²) in [5.74, 6) is 1.57. The van der Waals surface area contributed by atoms with Crippen LogP contribution in [-0.4, -0.2) is 32.5 Å². The van der Waals surface area contributed by atoms with Crippen molar-refractivity contribution in [3.63, 3.8) is 0 Å². The zero-order valence-electron chi connectivity index (χ0n) is 18.8. The maximum atomic E-state index is 12.5. The maximum absolute atomic E-state index is 12.5. The summed E-state index contributed by atoms with van der Waals surface area (Å²) in [5.41, 5.74) is 0.984. The van der Waals surface area contributed by atoms with Crippen molar-refractivity contribution in [1.29, 1.82) is 0 Å². The van der Waals surface area contributed by atoms with E-state index in [4.69, 9.17) is 9.47 Å². The van der Waals surface area contributed by atoms with Gasteiger partial charge in [-0.2, -0.15) is 0 Å². The highest BCUT2D eigenvalue weighted by Gasteiger charge is 2.10. The Labute approximate surface area is 196 Å². The molecule has 0 spiro atoms. The smallest absolute Gasteiger partial charge is 0.277 e. The second-order valence-electron chi connectivity index (χ2n) is 7.55. The Balaban J connectivity index is 1.34. The van der Waals surface area contributed by atoms with Gasteiger partial charge in [0.2, 0.25) is 11.8 Å². The molecule has 9 nitrogen and oxygen atoms in total. The molecule has 0 atom stereocenters. The predicted molar refractivity (Wildman–Crippen MR) is 127 cm³/mol. The molecule has 174 valence electrons. The first-order chi connectivity index (χ1) is 16.6. The topological polar surface area (TPSA) is 108 Å². The van der Waals surface area contributed by atoms with Crippen LogP contribution in [0.15, 0.2) is 71.7 Å². The number of pyridine rings is 1. The number of carbonyl (C=O) groups is 1. The molecule has 0 saturated heterocycles. The van der Waals surface area contributed by atoms with Crippen molar-refractivity contribution in [2.75, 3.05) is 6.61 Å². The Morgan fingerprint density at radius 1 is 1.03 bits per heavy atom. The molecular weight excluding hydrogens is 434 g/mol. The first kappa shape index (κ1) is 22.9. The summed E-state index contributed by atoms with van der Waals surface area (Å²) in [6, 6.07) is 17.9. The second-order valence-corrected chi connectivity index (χ2v) is 7.55. The lowest BCUT2D eigenvalue weighted by Gasteiger charge is -2.12. The van der Waals surface area contributed by atoms with Crippen LogP contribution in [-0.2, 0) is 17.9 Å². The summed E-state index contributed by atoms with van der Waals surface area (Å²) >= 11 is 0. The van der Waals surface area contributed by atoms with Gasteiger partial charge in [-0.3, -0.25) is 9.59 Å². The van der Waals surface area contributed by atoms with Crippen LogP contribution < -0.4 is 20.3 Å². The normalized spacial score (nSPS) is 10.7. The van der Waals surface area contributed by atoms with Crippen molar-refractivity contribution in [3.05, 3.63) is 82.8 Å². The molecule has 2 aromatic heterocycles. The lowest BCUT2D eigenvalue weighted by atomic mass is 10.2. The van der Waals surface area contributed by atoms with Crippen LogP contribution in [0.3, 0.4) is 0 Å². The number of ether oxygens (including phenoxy) is 2. The first-order valence-electron chi connectivity index (χ1n) is 11.1. The number of carbonyl (C=O) groups excluding carboxylic acids is 1. The van der Waals surface area contributed by atoms with Gasteiger partial charge in [-0.15, -0.1) is 5.10 Å². The van der Waals surface area contributed by atoms with Crippen molar-refractivity contribution in [3.8, 4) is 17.4 Å². The van der Waals surface area contributed by atoms with Crippen LogP contribution in [0.25, 0.3) is 10.9 Å². The Morgan fingerprint density at radius 3 is 2.65 bits per heavy atom. The van der Waals surface area contributed by atoms with E-state index in [-0.39, 0.29) is 31.0 Å².